The van der Waals surface area contributed by atoms with Gasteiger partial charge in [-0.15, -0.1) is 6.58 Å². The SMILES string of the molecule is C=CCCC1NC=CN1.CC. The van der Waals surface area contributed by atoms with Crippen molar-refractivity contribution in [3.05, 3.63) is 25.1 Å². The van der Waals surface area contributed by atoms with Crippen LogP contribution in [0.3, 0.4) is 0 Å². The number of allylic oxidation sites excluding steroid dienone is 1. The zero-order chi connectivity index (χ0) is 8.53. The normalized spacial score (nSPS) is 14.4. The topological polar surface area (TPSA) is 24.1 Å². The minimum Gasteiger partial charge on any atom is -0.370 e. The van der Waals surface area contributed by atoms with Crippen molar-refractivity contribution in [1.82, 2.24) is 10.6 Å². The number of hydrogen-bond donors (Lipinski definition) is 2. The molecule has 0 amide bonds. The summed E-state index contributed by atoms with van der Waals surface area (Å²) in [7, 11) is 0. The van der Waals surface area contributed by atoms with Gasteiger partial charge in [-0.3, -0.25) is 0 Å². The van der Waals surface area contributed by atoms with Gasteiger partial charge in [0.15, 0.2) is 0 Å². The van der Waals surface area contributed by atoms with E-state index in [1.807, 2.05) is 32.3 Å². The van der Waals surface area contributed by atoms with Gasteiger partial charge in [-0.05, 0) is 12.8 Å². The minimum absolute atomic E-state index is 0.433. The summed E-state index contributed by atoms with van der Waals surface area (Å²) in [5.41, 5.74) is 0. The van der Waals surface area contributed by atoms with Crippen molar-refractivity contribution in [1.29, 1.82) is 0 Å². The standard InChI is InChI=1S/C7H12N2.C2H6/c1-2-3-4-7-8-5-6-9-7;1-2/h2,5-9H,1,3-4H2;1-2H3. The maximum atomic E-state index is 3.65. The van der Waals surface area contributed by atoms with Gasteiger partial charge in [0, 0.05) is 12.4 Å². The second-order valence-corrected chi connectivity index (χ2v) is 2.09. The molecule has 0 saturated heterocycles. The summed E-state index contributed by atoms with van der Waals surface area (Å²) in [5.74, 6) is 0. The van der Waals surface area contributed by atoms with Gasteiger partial charge in [0.25, 0.3) is 0 Å². The van der Waals surface area contributed by atoms with E-state index < -0.39 is 0 Å². The van der Waals surface area contributed by atoms with Gasteiger partial charge in [0.1, 0.15) is 0 Å². The quantitative estimate of drug-likeness (QED) is 0.607. The Morgan fingerprint density at radius 1 is 1.36 bits per heavy atom. The van der Waals surface area contributed by atoms with E-state index in [1.54, 1.807) is 0 Å². The molecular weight excluding hydrogens is 136 g/mol. The fourth-order valence-corrected chi connectivity index (χ4v) is 0.828. The lowest BCUT2D eigenvalue weighted by Gasteiger charge is -2.09. The fraction of sp³-hybridized carbons (Fsp3) is 0.556. The van der Waals surface area contributed by atoms with E-state index in [9.17, 15) is 0 Å². The van der Waals surface area contributed by atoms with Crippen LogP contribution in [0.25, 0.3) is 0 Å². The summed E-state index contributed by atoms with van der Waals surface area (Å²) >= 11 is 0. The molecule has 0 unspecified atom stereocenters. The van der Waals surface area contributed by atoms with Gasteiger partial charge in [-0.1, -0.05) is 19.9 Å². The largest absolute Gasteiger partial charge is 0.370 e. The first-order valence-electron chi connectivity index (χ1n) is 4.21. The van der Waals surface area contributed by atoms with Crippen molar-refractivity contribution in [2.75, 3.05) is 0 Å². The molecule has 0 spiro atoms. The number of nitrogens with one attached hydrogen (secondary N) is 2. The van der Waals surface area contributed by atoms with Gasteiger partial charge >= 0.3 is 0 Å². The van der Waals surface area contributed by atoms with E-state index >= 15 is 0 Å². The Kier molecular flexibility index (Phi) is 6.59. The maximum absolute atomic E-state index is 3.65. The third-order valence-corrected chi connectivity index (χ3v) is 1.34. The van der Waals surface area contributed by atoms with Crippen molar-refractivity contribution in [2.45, 2.75) is 32.9 Å². The van der Waals surface area contributed by atoms with Crippen molar-refractivity contribution < 1.29 is 0 Å². The molecule has 0 aromatic carbocycles. The summed E-state index contributed by atoms with van der Waals surface area (Å²) in [5, 5.41) is 6.30. The first-order valence-corrected chi connectivity index (χ1v) is 4.21. The molecule has 0 bridgehead atoms. The Morgan fingerprint density at radius 2 is 1.91 bits per heavy atom. The minimum atomic E-state index is 0.433. The Balaban J connectivity index is 0.000000461. The van der Waals surface area contributed by atoms with E-state index in [0.717, 1.165) is 12.8 Å². The van der Waals surface area contributed by atoms with E-state index in [2.05, 4.69) is 17.2 Å². The number of rotatable bonds is 3. The lowest BCUT2D eigenvalue weighted by molar-refractivity contribution is 0.533. The molecule has 0 radical (unpaired) electrons. The second kappa shape index (κ2) is 7.19. The van der Waals surface area contributed by atoms with Crippen molar-refractivity contribution in [2.24, 2.45) is 0 Å². The zero-order valence-corrected chi connectivity index (χ0v) is 7.43. The molecule has 1 aliphatic heterocycles. The van der Waals surface area contributed by atoms with E-state index in [0.29, 0.717) is 6.17 Å². The van der Waals surface area contributed by atoms with E-state index in [1.165, 1.54) is 0 Å². The summed E-state index contributed by atoms with van der Waals surface area (Å²) < 4.78 is 0. The molecule has 0 saturated carbocycles. The highest BCUT2D eigenvalue weighted by molar-refractivity contribution is 4.91. The maximum Gasteiger partial charge on any atom is 0.0958 e. The average Bonchev–Trinajstić information content (AvgIpc) is 2.57. The van der Waals surface area contributed by atoms with E-state index in [-0.39, 0.29) is 0 Å². The summed E-state index contributed by atoms with van der Waals surface area (Å²) in [4.78, 5) is 0. The van der Waals surface area contributed by atoms with E-state index in [4.69, 9.17) is 0 Å². The highest BCUT2D eigenvalue weighted by Crippen LogP contribution is 1.97. The highest BCUT2D eigenvalue weighted by Gasteiger charge is 2.04. The van der Waals surface area contributed by atoms with Crippen LogP contribution in [0.15, 0.2) is 25.1 Å². The molecular formula is C9H18N2. The average molecular weight is 154 g/mol. The molecule has 11 heavy (non-hydrogen) atoms. The monoisotopic (exact) mass is 154 g/mol. The van der Waals surface area contributed by atoms with Crippen LogP contribution in [0.5, 0.6) is 0 Å². The molecule has 2 N–H and O–H groups in total. The fourth-order valence-electron chi connectivity index (χ4n) is 0.828. The van der Waals surface area contributed by atoms with Crippen LogP contribution in [0.1, 0.15) is 26.7 Å². The van der Waals surface area contributed by atoms with Crippen LogP contribution in [-0.4, -0.2) is 6.17 Å². The van der Waals surface area contributed by atoms with Crippen molar-refractivity contribution in [3.63, 3.8) is 0 Å². The van der Waals surface area contributed by atoms with Crippen molar-refractivity contribution >= 4 is 0 Å². The third-order valence-electron chi connectivity index (χ3n) is 1.34. The lowest BCUT2D eigenvalue weighted by atomic mass is 10.2. The van der Waals surface area contributed by atoms with Crippen LogP contribution >= 0.6 is 0 Å². The molecule has 0 aromatic rings. The molecule has 64 valence electrons. The zero-order valence-electron chi connectivity index (χ0n) is 7.43. The predicted octanol–water partition coefficient (Wildman–Crippen LogP) is 1.97. The Labute approximate surface area is 69.4 Å². The summed E-state index contributed by atoms with van der Waals surface area (Å²) in [6, 6.07) is 0. The Bertz CT molecular complexity index is 111. The first-order chi connectivity index (χ1) is 5.43. The molecule has 2 nitrogen and oxygen atoms in total. The van der Waals surface area contributed by atoms with Crippen LogP contribution in [0, 0.1) is 0 Å². The van der Waals surface area contributed by atoms with Gasteiger partial charge in [0.2, 0.25) is 0 Å². The molecule has 0 aromatic heterocycles. The Hall–Kier alpha value is -0.920. The molecule has 1 rings (SSSR count). The van der Waals surface area contributed by atoms with Gasteiger partial charge in [0.05, 0.1) is 6.17 Å². The van der Waals surface area contributed by atoms with Crippen LogP contribution in [0.2, 0.25) is 0 Å². The molecule has 0 fully saturated rings. The van der Waals surface area contributed by atoms with Gasteiger partial charge in [-0.2, -0.15) is 0 Å². The van der Waals surface area contributed by atoms with Gasteiger partial charge in [-0.25, -0.2) is 0 Å². The molecule has 1 heterocycles. The van der Waals surface area contributed by atoms with Gasteiger partial charge < -0.3 is 10.6 Å². The summed E-state index contributed by atoms with van der Waals surface area (Å²) in [6.45, 7) is 7.65. The highest BCUT2D eigenvalue weighted by atomic mass is 15.1. The molecule has 1 aliphatic rings. The predicted molar refractivity (Wildman–Crippen MR) is 50.0 cm³/mol. The molecule has 0 aliphatic carbocycles. The van der Waals surface area contributed by atoms with Crippen molar-refractivity contribution in [3.8, 4) is 0 Å². The molecule has 0 atom stereocenters. The summed E-state index contributed by atoms with van der Waals surface area (Å²) in [6.07, 6.45) is 8.38. The lowest BCUT2D eigenvalue weighted by Crippen LogP contribution is -2.30. The van der Waals surface area contributed by atoms with Crippen LogP contribution in [-0.2, 0) is 0 Å². The van der Waals surface area contributed by atoms with Crippen LogP contribution < -0.4 is 10.6 Å². The smallest absolute Gasteiger partial charge is 0.0958 e. The van der Waals surface area contributed by atoms with Crippen LogP contribution in [0.4, 0.5) is 0 Å². The second-order valence-electron chi connectivity index (χ2n) is 2.09. The number of hydrogen-bond acceptors (Lipinski definition) is 2. The third kappa shape index (κ3) is 4.48. The first kappa shape index (κ1) is 10.1. The molecule has 2 heteroatoms. The Morgan fingerprint density at radius 3 is 2.36 bits per heavy atom.